The Morgan fingerprint density at radius 2 is 1.80 bits per heavy atom. The maximum absolute atomic E-state index is 4.38. The van der Waals surface area contributed by atoms with Crippen LogP contribution in [0.4, 0.5) is 5.69 Å². The molecule has 0 aliphatic carbocycles. The minimum absolute atomic E-state index is 0. The summed E-state index contributed by atoms with van der Waals surface area (Å²) < 4.78 is 0. The van der Waals surface area contributed by atoms with Crippen molar-refractivity contribution in [3.05, 3.63) is 81.3 Å². The van der Waals surface area contributed by atoms with Gasteiger partial charge in [0.15, 0.2) is 5.96 Å². The number of hydrogen-bond donors (Lipinski definition) is 2. The molecule has 0 saturated carbocycles. The molecule has 30 heavy (non-hydrogen) atoms. The molecule has 3 aromatic rings. The number of fused-ring (bicyclic) bond motifs is 1. The molecule has 2 aromatic carbocycles. The standard InChI is InChI=1S/C23H27N5S.HI/c1-17-13-25-22(29-17)15-27-23(24-2)26-14-18-7-9-19(10-8-18)16-28-12-11-20-5-3-4-6-21(20)28;/h3-10,13H,11-12,14-16H2,1-2H3,(H2,24,26,27);1H. The van der Waals surface area contributed by atoms with Crippen molar-refractivity contribution in [2.24, 2.45) is 4.99 Å². The molecule has 1 aliphatic heterocycles. The largest absolute Gasteiger partial charge is 0.367 e. The van der Waals surface area contributed by atoms with E-state index in [2.05, 4.69) is 81.0 Å². The second-order valence-corrected chi connectivity index (χ2v) is 8.58. The third-order valence-corrected chi connectivity index (χ3v) is 6.05. The number of halogens is 1. The average molecular weight is 533 g/mol. The van der Waals surface area contributed by atoms with Gasteiger partial charge in [0.25, 0.3) is 0 Å². The number of para-hydroxylation sites is 1. The van der Waals surface area contributed by atoms with Gasteiger partial charge in [0.2, 0.25) is 0 Å². The number of rotatable bonds is 6. The number of nitrogens with one attached hydrogen (secondary N) is 2. The first kappa shape index (κ1) is 22.6. The number of aliphatic imine (C=N–C) groups is 1. The van der Waals surface area contributed by atoms with Crippen molar-refractivity contribution in [1.29, 1.82) is 0 Å². The highest BCUT2D eigenvalue weighted by molar-refractivity contribution is 14.0. The van der Waals surface area contributed by atoms with Gasteiger partial charge in [0, 0.05) is 43.4 Å². The van der Waals surface area contributed by atoms with Crippen LogP contribution in [0.2, 0.25) is 0 Å². The predicted molar refractivity (Wildman–Crippen MR) is 137 cm³/mol. The Labute approximate surface area is 199 Å². The minimum atomic E-state index is 0. The third kappa shape index (κ3) is 5.72. The topological polar surface area (TPSA) is 52.6 Å². The molecule has 4 rings (SSSR count). The lowest BCUT2D eigenvalue weighted by Gasteiger charge is -2.19. The van der Waals surface area contributed by atoms with Crippen molar-refractivity contribution in [2.75, 3.05) is 18.5 Å². The van der Waals surface area contributed by atoms with Crippen molar-refractivity contribution < 1.29 is 0 Å². The first-order chi connectivity index (χ1) is 14.2. The lowest BCUT2D eigenvalue weighted by atomic mass is 10.1. The Balaban J connectivity index is 0.00000256. The van der Waals surface area contributed by atoms with Crippen LogP contribution in [0.15, 0.2) is 59.7 Å². The molecular weight excluding hydrogens is 505 g/mol. The van der Waals surface area contributed by atoms with Crippen LogP contribution >= 0.6 is 35.3 Å². The van der Waals surface area contributed by atoms with E-state index in [-0.39, 0.29) is 24.0 Å². The number of anilines is 1. The first-order valence-corrected chi connectivity index (χ1v) is 10.8. The van der Waals surface area contributed by atoms with E-state index in [1.165, 1.54) is 27.3 Å². The highest BCUT2D eigenvalue weighted by Crippen LogP contribution is 2.28. The van der Waals surface area contributed by atoms with E-state index in [1.807, 2.05) is 6.20 Å². The monoisotopic (exact) mass is 533 g/mol. The number of hydrogen-bond acceptors (Lipinski definition) is 4. The summed E-state index contributed by atoms with van der Waals surface area (Å²) in [5, 5.41) is 7.76. The Kier molecular flexibility index (Phi) is 8.09. The van der Waals surface area contributed by atoms with E-state index in [4.69, 9.17) is 0 Å². The summed E-state index contributed by atoms with van der Waals surface area (Å²) in [6, 6.07) is 17.6. The zero-order valence-electron chi connectivity index (χ0n) is 17.4. The SMILES string of the molecule is CN=C(NCc1ccc(CN2CCc3ccccc32)cc1)NCc1ncc(C)s1.I. The molecule has 0 radical (unpaired) electrons. The van der Waals surface area contributed by atoms with Gasteiger partial charge < -0.3 is 15.5 Å². The van der Waals surface area contributed by atoms with Gasteiger partial charge in [-0.2, -0.15) is 0 Å². The van der Waals surface area contributed by atoms with Gasteiger partial charge in [0.1, 0.15) is 5.01 Å². The Morgan fingerprint density at radius 1 is 1.07 bits per heavy atom. The van der Waals surface area contributed by atoms with Gasteiger partial charge in [-0.3, -0.25) is 4.99 Å². The van der Waals surface area contributed by atoms with E-state index in [1.54, 1.807) is 18.4 Å². The van der Waals surface area contributed by atoms with Crippen molar-refractivity contribution in [3.63, 3.8) is 0 Å². The minimum Gasteiger partial charge on any atom is -0.367 e. The second-order valence-electron chi connectivity index (χ2n) is 7.26. The Bertz CT molecular complexity index is 983. The number of aromatic nitrogens is 1. The summed E-state index contributed by atoms with van der Waals surface area (Å²) in [6.45, 7) is 5.56. The number of guanidine groups is 1. The average Bonchev–Trinajstić information content (AvgIpc) is 3.35. The Morgan fingerprint density at radius 3 is 2.53 bits per heavy atom. The molecule has 2 heterocycles. The molecule has 158 valence electrons. The molecule has 0 spiro atoms. The normalized spacial score (nSPS) is 13.0. The number of aryl methyl sites for hydroxylation is 1. The van der Waals surface area contributed by atoms with Gasteiger partial charge in [-0.1, -0.05) is 42.5 Å². The van der Waals surface area contributed by atoms with Crippen molar-refractivity contribution in [2.45, 2.75) is 33.0 Å². The second kappa shape index (κ2) is 10.8. The van der Waals surface area contributed by atoms with Crippen LogP contribution in [0.25, 0.3) is 0 Å². The van der Waals surface area contributed by atoms with E-state index in [9.17, 15) is 0 Å². The van der Waals surface area contributed by atoms with Crippen LogP contribution in [0, 0.1) is 6.92 Å². The highest BCUT2D eigenvalue weighted by atomic mass is 127. The van der Waals surface area contributed by atoms with Crippen molar-refractivity contribution >= 4 is 47.0 Å². The number of nitrogens with zero attached hydrogens (tertiary/aromatic N) is 3. The summed E-state index contributed by atoms with van der Waals surface area (Å²) in [5.74, 6) is 0.788. The quantitative estimate of drug-likeness (QED) is 0.279. The van der Waals surface area contributed by atoms with E-state index < -0.39 is 0 Å². The smallest absolute Gasteiger partial charge is 0.191 e. The number of benzene rings is 2. The molecule has 5 nitrogen and oxygen atoms in total. The molecule has 0 amide bonds. The van der Waals surface area contributed by atoms with Gasteiger partial charge in [-0.15, -0.1) is 35.3 Å². The van der Waals surface area contributed by atoms with Crippen LogP contribution < -0.4 is 15.5 Å². The Hall–Kier alpha value is -2.13. The molecule has 1 aromatic heterocycles. The molecule has 0 unspecified atom stereocenters. The zero-order chi connectivity index (χ0) is 20.1. The van der Waals surface area contributed by atoms with Gasteiger partial charge in [-0.05, 0) is 36.1 Å². The lowest BCUT2D eigenvalue weighted by molar-refractivity contribution is 0.803. The van der Waals surface area contributed by atoms with Crippen LogP contribution in [-0.4, -0.2) is 24.5 Å². The molecular formula is C23H28IN5S. The zero-order valence-corrected chi connectivity index (χ0v) is 20.5. The molecule has 1 aliphatic rings. The van der Waals surface area contributed by atoms with Crippen LogP contribution in [0.5, 0.6) is 0 Å². The van der Waals surface area contributed by atoms with Crippen LogP contribution in [0.3, 0.4) is 0 Å². The molecule has 7 heteroatoms. The van der Waals surface area contributed by atoms with Crippen LogP contribution in [0.1, 0.15) is 26.6 Å². The molecule has 0 saturated heterocycles. The summed E-state index contributed by atoms with van der Waals surface area (Å²) >= 11 is 1.70. The lowest BCUT2D eigenvalue weighted by Crippen LogP contribution is -2.36. The fourth-order valence-electron chi connectivity index (χ4n) is 3.60. The van der Waals surface area contributed by atoms with Gasteiger partial charge >= 0.3 is 0 Å². The summed E-state index contributed by atoms with van der Waals surface area (Å²) in [7, 11) is 1.79. The molecule has 0 bridgehead atoms. The van der Waals surface area contributed by atoms with E-state index >= 15 is 0 Å². The maximum atomic E-state index is 4.38. The van der Waals surface area contributed by atoms with Crippen molar-refractivity contribution in [3.8, 4) is 0 Å². The first-order valence-electron chi connectivity index (χ1n) is 9.98. The maximum Gasteiger partial charge on any atom is 0.191 e. The molecule has 2 N–H and O–H groups in total. The third-order valence-electron chi connectivity index (χ3n) is 5.14. The summed E-state index contributed by atoms with van der Waals surface area (Å²) in [4.78, 5) is 12.4. The van der Waals surface area contributed by atoms with Gasteiger partial charge in [-0.25, -0.2) is 4.98 Å². The fraction of sp³-hybridized carbons (Fsp3) is 0.304. The fourth-order valence-corrected chi connectivity index (χ4v) is 4.33. The van der Waals surface area contributed by atoms with E-state index in [0.29, 0.717) is 6.54 Å². The van der Waals surface area contributed by atoms with E-state index in [0.717, 1.165) is 37.0 Å². The predicted octanol–water partition coefficient (Wildman–Crippen LogP) is 4.50. The summed E-state index contributed by atoms with van der Waals surface area (Å²) in [6.07, 6.45) is 3.05. The number of thiazole rings is 1. The molecule has 0 fully saturated rings. The molecule has 0 atom stereocenters. The van der Waals surface area contributed by atoms with Crippen molar-refractivity contribution in [1.82, 2.24) is 15.6 Å². The van der Waals surface area contributed by atoms with Crippen LogP contribution in [-0.2, 0) is 26.1 Å². The highest BCUT2D eigenvalue weighted by Gasteiger charge is 2.18. The van der Waals surface area contributed by atoms with Gasteiger partial charge in [0.05, 0.1) is 6.54 Å². The summed E-state index contributed by atoms with van der Waals surface area (Å²) in [5.41, 5.74) is 5.42.